The van der Waals surface area contributed by atoms with Crippen LogP contribution in [0.4, 0.5) is 5.95 Å². The summed E-state index contributed by atoms with van der Waals surface area (Å²) >= 11 is 7.25. The molecule has 0 unspecified atom stereocenters. The average molecular weight is 241 g/mol. The summed E-state index contributed by atoms with van der Waals surface area (Å²) in [6.45, 7) is 0. The fraction of sp³-hybridized carbons (Fsp3) is 0.111. The molecule has 0 fully saturated rings. The molecule has 2 aromatic rings. The number of nitrogen functional groups attached to an aromatic ring is 1. The number of aromatic nitrogens is 3. The number of hydrogen-bond acceptors (Lipinski definition) is 4. The van der Waals surface area contributed by atoms with Crippen molar-refractivity contribution in [3.05, 3.63) is 41.2 Å². The summed E-state index contributed by atoms with van der Waals surface area (Å²) in [7, 11) is 0. The zero-order valence-electron chi connectivity index (χ0n) is 7.80. The Morgan fingerprint density at radius 3 is 2.67 bits per heavy atom. The lowest BCUT2D eigenvalue weighted by Crippen LogP contribution is -1.92. The third-order valence-corrected chi connectivity index (χ3v) is 3.06. The molecule has 0 saturated heterocycles. The van der Waals surface area contributed by atoms with Gasteiger partial charge in [0.2, 0.25) is 11.2 Å². The molecule has 15 heavy (non-hydrogen) atoms. The number of rotatable bonds is 3. The van der Waals surface area contributed by atoms with Gasteiger partial charge in [-0.15, -0.1) is 5.10 Å². The molecule has 0 aliphatic rings. The normalized spacial score (nSPS) is 10.5. The zero-order chi connectivity index (χ0) is 10.7. The molecule has 78 valence electrons. The van der Waals surface area contributed by atoms with Crippen LogP contribution in [0.3, 0.4) is 0 Å². The molecule has 0 amide bonds. The quantitative estimate of drug-likeness (QED) is 0.894. The summed E-state index contributed by atoms with van der Waals surface area (Å²) in [5, 5.41) is 4.24. The van der Waals surface area contributed by atoms with Crippen molar-refractivity contribution in [3.63, 3.8) is 0 Å². The average Bonchev–Trinajstić information content (AvgIpc) is 2.56. The Balaban J connectivity index is 2.02. The highest BCUT2D eigenvalue weighted by Crippen LogP contribution is 2.18. The topological polar surface area (TPSA) is 56.7 Å². The van der Waals surface area contributed by atoms with Crippen molar-refractivity contribution in [3.8, 4) is 0 Å². The second-order valence-corrected chi connectivity index (χ2v) is 4.10. The van der Waals surface area contributed by atoms with E-state index in [1.54, 1.807) is 0 Å². The largest absolute Gasteiger partial charge is 0.366 e. The van der Waals surface area contributed by atoms with E-state index in [2.05, 4.69) is 10.1 Å². The van der Waals surface area contributed by atoms with Crippen LogP contribution in [0.15, 0.2) is 30.3 Å². The maximum Gasteiger partial charge on any atom is 0.241 e. The fourth-order valence-electron chi connectivity index (χ4n) is 1.09. The summed E-state index contributed by atoms with van der Waals surface area (Å²) in [6.07, 6.45) is 0. The van der Waals surface area contributed by atoms with Gasteiger partial charge in [-0.3, -0.25) is 0 Å². The molecule has 1 aromatic heterocycles. The van der Waals surface area contributed by atoms with Gasteiger partial charge in [-0.25, -0.2) is 0 Å². The van der Waals surface area contributed by atoms with Gasteiger partial charge in [-0.05, 0) is 29.1 Å². The van der Waals surface area contributed by atoms with Crippen molar-refractivity contribution in [2.45, 2.75) is 5.75 Å². The highest BCUT2D eigenvalue weighted by molar-refractivity contribution is 7.97. The number of benzene rings is 1. The van der Waals surface area contributed by atoms with Crippen molar-refractivity contribution >= 4 is 29.5 Å². The summed E-state index contributed by atoms with van der Waals surface area (Å²) in [5.74, 6) is 0.976. The Morgan fingerprint density at radius 1 is 1.33 bits per heavy atom. The Hall–Kier alpha value is -1.20. The predicted molar refractivity (Wildman–Crippen MR) is 62.6 cm³/mol. The molecule has 0 atom stereocenters. The van der Waals surface area contributed by atoms with Crippen molar-refractivity contribution in [1.29, 1.82) is 0 Å². The Morgan fingerprint density at radius 2 is 2.07 bits per heavy atom. The van der Waals surface area contributed by atoms with Gasteiger partial charge in [-0.2, -0.15) is 9.07 Å². The van der Waals surface area contributed by atoms with Crippen LogP contribution in [0.5, 0.6) is 0 Å². The number of nitrogens with two attached hydrogens (primary N) is 1. The number of anilines is 1. The van der Waals surface area contributed by atoms with Crippen LogP contribution in [0.1, 0.15) is 5.56 Å². The lowest BCUT2D eigenvalue weighted by atomic mass is 10.2. The molecule has 0 aliphatic carbocycles. The summed E-state index contributed by atoms with van der Waals surface area (Å²) in [5.41, 5.74) is 6.61. The van der Waals surface area contributed by atoms with Gasteiger partial charge in [0.25, 0.3) is 0 Å². The molecule has 6 heteroatoms. The minimum Gasteiger partial charge on any atom is -0.366 e. The summed E-state index contributed by atoms with van der Waals surface area (Å²) in [6, 6.07) is 10.1. The number of hydrogen-bond donors (Lipinski definition) is 1. The Bertz CT molecular complexity index is 443. The van der Waals surface area contributed by atoms with E-state index in [4.69, 9.17) is 17.3 Å². The van der Waals surface area contributed by atoms with E-state index in [0.29, 0.717) is 5.28 Å². The van der Waals surface area contributed by atoms with E-state index in [0.717, 1.165) is 5.75 Å². The second kappa shape index (κ2) is 4.55. The van der Waals surface area contributed by atoms with Gasteiger partial charge in [0.05, 0.1) is 0 Å². The molecule has 0 spiro atoms. The van der Waals surface area contributed by atoms with Gasteiger partial charge in [0.1, 0.15) is 0 Å². The van der Waals surface area contributed by atoms with Crippen LogP contribution in [0.2, 0.25) is 5.28 Å². The van der Waals surface area contributed by atoms with Gasteiger partial charge in [-0.1, -0.05) is 30.3 Å². The van der Waals surface area contributed by atoms with E-state index < -0.39 is 0 Å². The van der Waals surface area contributed by atoms with Crippen LogP contribution >= 0.6 is 23.5 Å². The monoisotopic (exact) mass is 240 g/mol. The first kappa shape index (κ1) is 10.3. The van der Waals surface area contributed by atoms with Crippen LogP contribution in [0.25, 0.3) is 0 Å². The van der Waals surface area contributed by atoms with Crippen molar-refractivity contribution < 1.29 is 0 Å². The third kappa shape index (κ3) is 2.64. The molecule has 0 radical (unpaired) electrons. The fourth-order valence-corrected chi connectivity index (χ4v) is 2.11. The third-order valence-electron chi connectivity index (χ3n) is 1.75. The highest BCUT2D eigenvalue weighted by Gasteiger charge is 2.05. The summed E-state index contributed by atoms with van der Waals surface area (Å²) in [4.78, 5) is 3.80. The van der Waals surface area contributed by atoms with Gasteiger partial charge in [0, 0.05) is 5.75 Å². The minimum absolute atomic E-state index is 0.195. The number of halogens is 1. The Labute approximate surface area is 96.6 Å². The van der Waals surface area contributed by atoms with Crippen LogP contribution in [-0.4, -0.2) is 14.2 Å². The SMILES string of the molecule is Nc1nc(Cl)n(SCc2ccccc2)n1. The first-order valence-electron chi connectivity index (χ1n) is 4.31. The molecule has 0 bridgehead atoms. The highest BCUT2D eigenvalue weighted by atomic mass is 35.5. The second-order valence-electron chi connectivity index (χ2n) is 2.87. The van der Waals surface area contributed by atoms with E-state index in [1.807, 2.05) is 30.3 Å². The molecule has 1 aromatic carbocycles. The van der Waals surface area contributed by atoms with Crippen molar-refractivity contribution in [1.82, 2.24) is 14.2 Å². The van der Waals surface area contributed by atoms with Crippen LogP contribution in [-0.2, 0) is 5.75 Å². The van der Waals surface area contributed by atoms with E-state index in [-0.39, 0.29) is 5.95 Å². The minimum atomic E-state index is 0.195. The van der Waals surface area contributed by atoms with Crippen molar-refractivity contribution in [2.24, 2.45) is 0 Å². The molecule has 0 saturated carbocycles. The first-order valence-corrected chi connectivity index (χ1v) is 5.63. The smallest absolute Gasteiger partial charge is 0.241 e. The molecule has 4 nitrogen and oxygen atoms in total. The Kier molecular flexibility index (Phi) is 3.13. The molecule has 2 rings (SSSR count). The predicted octanol–water partition coefficient (Wildman–Crippen LogP) is 2.21. The van der Waals surface area contributed by atoms with E-state index in [1.165, 1.54) is 21.6 Å². The van der Waals surface area contributed by atoms with Gasteiger partial charge in [0.15, 0.2) is 0 Å². The van der Waals surface area contributed by atoms with Crippen LogP contribution in [0, 0.1) is 0 Å². The van der Waals surface area contributed by atoms with E-state index >= 15 is 0 Å². The van der Waals surface area contributed by atoms with Crippen LogP contribution < -0.4 is 5.73 Å². The summed E-state index contributed by atoms with van der Waals surface area (Å²) < 4.78 is 1.52. The number of nitrogens with zero attached hydrogens (tertiary/aromatic N) is 3. The first-order chi connectivity index (χ1) is 7.25. The zero-order valence-corrected chi connectivity index (χ0v) is 9.37. The molecular weight excluding hydrogens is 232 g/mol. The molecular formula is C9H9ClN4S. The van der Waals surface area contributed by atoms with Gasteiger partial charge < -0.3 is 5.73 Å². The maximum atomic E-state index is 5.80. The van der Waals surface area contributed by atoms with Crippen molar-refractivity contribution in [2.75, 3.05) is 5.73 Å². The molecule has 2 N–H and O–H groups in total. The molecule has 0 aliphatic heterocycles. The van der Waals surface area contributed by atoms with Gasteiger partial charge >= 0.3 is 0 Å². The lowest BCUT2D eigenvalue weighted by Gasteiger charge is -2.00. The standard InChI is InChI=1S/C9H9ClN4S/c10-8-12-9(11)13-14(8)15-6-7-4-2-1-3-5-7/h1-5H,6H2,(H2,11,13). The molecule has 1 heterocycles. The maximum absolute atomic E-state index is 5.80. The van der Waals surface area contributed by atoms with E-state index in [9.17, 15) is 0 Å². The lowest BCUT2D eigenvalue weighted by molar-refractivity contribution is 1.01.